The lowest BCUT2D eigenvalue weighted by atomic mass is 9.75. The number of halogens is 1. The van der Waals surface area contributed by atoms with E-state index >= 15 is 0 Å². The Morgan fingerprint density at radius 3 is 2.53 bits per heavy atom. The predicted molar refractivity (Wildman–Crippen MR) is 78.9 cm³/mol. The molecule has 1 aliphatic heterocycles. The fraction of sp³-hybridized carbons (Fsp3) is 0.533. The minimum atomic E-state index is 0.159. The summed E-state index contributed by atoms with van der Waals surface area (Å²) in [5.74, 6) is 1.35. The van der Waals surface area contributed by atoms with Crippen LogP contribution < -0.4 is 5.73 Å². The van der Waals surface area contributed by atoms with E-state index in [-0.39, 0.29) is 5.91 Å². The van der Waals surface area contributed by atoms with Gasteiger partial charge in [0.05, 0.1) is 0 Å². The molecule has 0 spiro atoms. The van der Waals surface area contributed by atoms with E-state index in [1.165, 1.54) is 6.42 Å². The van der Waals surface area contributed by atoms with E-state index in [4.69, 9.17) is 5.73 Å². The highest BCUT2D eigenvalue weighted by atomic mass is 79.9. The second kappa shape index (κ2) is 5.25. The minimum Gasteiger partial charge on any atom is -0.338 e. The van der Waals surface area contributed by atoms with Crippen molar-refractivity contribution >= 4 is 21.8 Å². The number of fused-ring (bicyclic) bond motifs is 2. The molecule has 1 aliphatic carbocycles. The Bertz CT molecular complexity index is 473. The fourth-order valence-corrected chi connectivity index (χ4v) is 3.98. The molecule has 2 atom stereocenters. The summed E-state index contributed by atoms with van der Waals surface area (Å²) in [6.07, 6.45) is 3.38. The summed E-state index contributed by atoms with van der Waals surface area (Å²) in [6.45, 7) is 1.74. The maximum absolute atomic E-state index is 12.5. The number of likely N-dealkylation sites (tertiary alicyclic amines) is 1. The van der Waals surface area contributed by atoms with Crippen LogP contribution in [0, 0.1) is 11.8 Å². The number of benzene rings is 1. The summed E-state index contributed by atoms with van der Waals surface area (Å²) >= 11 is 3.42. The van der Waals surface area contributed by atoms with Gasteiger partial charge in [0.2, 0.25) is 0 Å². The van der Waals surface area contributed by atoms with E-state index in [1.807, 2.05) is 29.2 Å². The van der Waals surface area contributed by atoms with E-state index in [1.54, 1.807) is 0 Å². The number of piperidine rings is 1. The van der Waals surface area contributed by atoms with Crippen molar-refractivity contribution in [3.63, 3.8) is 0 Å². The van der Waals surface area contributed by atoms with Crippen LogP contribution in [0.2, 0.25) is 0 Å². The highest BCUT2D eigenvalue weighted by Crippen LogP contribution is 2.34. The average Bonchev–Trinajstić information content (AvgIpc) is 2.36. The molecule has 1 saturated carbocycles. The van der Waals surface area contributed by atoms with Gasteiger partial charge in [0.1, 0.15) is 0 Å². The van der Waals surface area contributed by atoms with Gasteiger partial charge in [0.25, 0.3) is 5.91 Å². The summed E-state index contributed by atoms with van der Waals surface area (Å²) in [6, 6.07) is 7.99. The van der Waals surface area contributed by atoms with Crippen LogP contribution in [-0.4, -0.2) is 29.9 Å². The van der Waals surface area contributed by atoms with E-state index in [0.29, 0.717) is 17.9 Å². The number of amides is 1. The lowest BCUT2D eigenvalue weighted by Crippen LogP contribution is -2.49. The van der Waals surface area contributed by atoms with Crippen molar-refractivity contribution in [2.75, 3.05) is 13.1 Å². The van der Waals surface area contributed by atoms with Gasteiger partial charge in [-0.05, 0) is 49.3 Å². The summed E-state index contributed by atoms with van der Waals surface area (Å²) in [5, 5.41) is 0. The zero-order valence-electron chi connectivity index (χ0n) is 10.9. The van der Waals surface area contributed by atoms with Gasteiger partial charge in [-0.25, -0.2) is 0 Å². The Labute approximate surface area is 122 Å². The van der Waals surface area contributed by atoms with Crippen molar-refractivity contribution < 1.29 is 4.79 Å². The number of hydrogen-bond acceptors (Lipinski definition) is 2. The van der Waals surface area contributed by atoms with Crippen LogP contribution in [0.25, 0.3) is 0 Å². The van der Waals surface area contributed by atoms with Gasteiger partial charge in [0.15, 0.2) is 0 Å². The van der Waals surface area contributed by atoms with Crippen molar-refractivity contribution in [1.29, 1.82) is 0 Å². The zero-order chi connectivity index (χ0) is 13.4. The van der Waals surface area contributed by atoms with Crippen molar-refractivity contribution in [2.24, 2.45) is 17.6 Å². The molecular weight excluding hydrogens is 304 g/mol. The molecule has 1 saturated heterocycles. The molecule has 2 unspecified atom stereocenters. The van der Waals surface area contributed by atoms with E-state index in [9.17, 15) is 4.79 Å². The van der Waals surface area contributed by atoms with E-state index in [0.717, 1.165) is 36.0 Å². The third-order valence-corrected chi connectivity index (χ3v) is 4.75. The van der Waals surface area contributed by atoms with E-state index < -0.39 is 0 Å². The Kier molecular flexibility index (Phi) is 3.63. The average molecular weight is 323 g/mol. The monoisotopic (exact) mass is 322 g/mol. The Hall–Kier alpha value is -0.870. The van der Waals surface area contributed by atoms with Crippen LogP contribution in [0.4, 0.5) is 0 Å². The van der Waals surface area contributed by atoms with Crippen LogP contribution in [0.1, 0.15) is 29.6 Å². The molecule has 1 aromatic carbocycles. The second-order valence-electron chi connectivity index (χ2n) is 5.92. The first-order valence-corrected chi connectivity index (χ1v) is 7.71. The van der Waals surface area contributed by atoms with Gasteiger partial charge >= 0.3 is 0 Å². The molecule has 19 heavy (non-hydrogen) atoms. The molecule has 1 heterocycles. The summed E-state index contributed by atoms with van der Waals surface area (Å²) in [5.41, 5.74) is 6.84. The van der Waals surface area contributed by atoms with Crippen LogP contribution in [0.5, 0.6) is 0 Å². The number of hydrogen-bond donors (Lipinski definition) is 1. The summed E-state index contributed by atoms with van der Waals surface area (Å²) in [7, 11) is 0. The molecule has 1 amide bonds. The first-order valence-electron chi connectivity index (χ1n) is 6.92. The number of carbonyl (C=O) groups excluding carboxylic acids is 1. The first kappa shape index (κ1) is 13.1. The third-order valence-electron chi connectivity index (χ3n) is 4.25. The van der Waals surface area contributed by atoms with Crippen LogP contribution >= 0.6 is 15.9 Å². The number of nitrogens with zero attached hydrogens (tertiary/aromatic N) is 1. The van der Waals surface area contributed by atoms with Gasteiger partial charge in [-0.2, -0.15) is 0 Å². The molecule has 2 fully saturated rings. The normalized spacial score (nSPS) is 30.2. The summed E-state index contributed by atoms with van der Waals surface area (Å²) < 4.78 is 0.956. The molecule has 2 aliphatic rings. The van der Waals surface area contributed by atoms with Crippen molar-refractivity contribution in [3.8, 4) is 0 Å². The van der Waals surface area contributed by atoms with Crippen LogP contribution in [0.3, 0.4) is 0 Å². The van der Waals surface area contributed by atoms with Gasteiger partial charge < -0.3 is 10.6 Å². The van der Waals surface area contributed by atoms with Crippen molar-refractivity contribution in [3.05, 3.63) is 34.3 Å². The molecule has 2 N–H and O–H groups in total. The maximum Gasteiger partial charge on any atom is 0.253 e. The summed E-state index contributed by atoms with van der Waals surface area (Å²) in [4.78, 5) is 14.6. The lowest BCUT2D eigenvalue weighted by Gasteiger charge is -2.43. The smallest absolute Gasteiger partial charge is 0.253 e. The molecule has 3 rings (SSSR count). The molecule has 1 aromatic rings. The topological polar surface area (TPSA) is 46.3 Å². The molecule has 3 nitrogen and oxygen atoms in total. The van der Waals surface area contributed by atoms with Crippen LogP contribution in [-0.2, 0) is 0 Å². The molecular formula is C15H19BrN2O. The van der Waals surface area contributed by atoms with Crippen molar-refractivity contribution in [2.45, 2.75) is 25.3 Å². The standard InChI is InChI=1S/C15H19BrN2O/c16-13-3-1-2-12(7-13)15(19)18-8-10-4-11(9-18)6-14(17)5-10/h1-3,7,10-11,14H,4-6,8-9,17H2. The predicted octanol–water partition coefficient (Wildman–Crippen LogP) is 2.65. The Balaban J connectivity index is 1.75. The highest BCUT2D eigenvalue weighted by molar-refractivity contribution is 9.10. The molecule has 2 bridgehead atoms. The fourth-order valence-electron chi connectivity index (χ4n) is 3.58. The third kappa shape index (κ3) is 2.84. The number of nitrogens with two attached hydrogens (primary N) is 1. The largest absolute Gasteiger partial charge is 0.338 e. The highest BCUT2D eigenvalue weighted by Gasteiger charge is 2.35. The molecule has 0 aromatic heterocycles. The zero-order valence-corrected chi connectivity index (χ0v) is 12.5. The van der Waals surface area contributed by atoms with Gasteiger partial charge in [-0.15, -0.1) is 0 Å². The van der Waals surface area contributed by atoms with Gasteiger partial charge in [-0.3, -0.25) is 4.79 Å². The van der Waals surface area contributed by atoms with Gasteiger partial charge in [0, 0.05) is 29.2 Å². The molecule has 0 radical (unpaired) electrons. The number of carbonyl (C=O) groups is 1. The molecule has 4 heteroatoms. The van der Waals surface area contributed by atoms with E-state index in [2.05, 4.69) is 15.9 Å². The Morgan fingerprint density at radius 2 is 1.89 bits per heavy atom. The maximum atomic E-state index is 12.5. The van der Waals surface area contributed by atoms with Crippen molar-refractivity contribution in [1.82, 2.24) is 4.90 Å². The van der Waals surface area contributed by atoms with Crippen LogP contribution in [0.15, 0.2) is 28.7 Å². The first-order chi connectivity index (χ1) is 9.11. The SMILES string of the molecule is NC1CC2CC(C1)CN(C(=O)c1cccc(Br)c1)C2. The molecule has 102 valence electrons. The second-order valence-corrected chi connectivity index (χ2v) is 6.84. The lowest BCUT2D eigenvalue weighted by molar-refractivity contribution is 0.0475. The quantitative estimate of drug-likeness (QED) is 0.864. The minimum absolute atomic E-state index is 0.159. The Morgan fingerprint density at radius 1 is 1.21 bits per heavy atom. The number of rotatable bonds is 1. The van der Waals surface area contributed by atoms with Gasteiger partial charge in [-0.1, -0.05) is 22.0 Å².